The van der Waals surface area contributed by atoms with Gasteiger partial charge in [-0.25, -0.2) is 0 Å². The molecule has 0 aliphatic heterocycles. The number of nitriles is 4. The zero-order valence-electron chi connectivity index (χ0n) is 6.81. The normalized spacial score (nSPS) is 15.4. The third-order valence-corrected chi connectivity index (χ3v) is 1.67. The molecule has 0 aliphatic rings. The van der Waals surface area contributed by atoms with E-state index in [2.05, 4.69) is 0 Å². The van der Waals surface area contributed by atoms with Gasteiger partial charge in [0, 0.05) is 0 Å². The van der Waals surface area contributed by atoms with Gasteiger partial charge in [0.05, 0.1) is 0 Å². The van der Waals surface area contributed by atoms with Crippen molar-refractivity contribution in [2.75, 3.05) is 0 Å². The number of rotatable bonds is 0. The molecule has 0 atom stereocenters. The van der Waals surface area contributed by atoms with E-state index in [0.29, 0.717) is 0 Å². The summed E-state index contributed by atoms with van der Waals surface area (Å²) in [6, 6.07) is 0. The molecule has 16 heavy (non-hydrogen) atoms. The van der Waals surface area contributed by atoms with Crippen LogP contribution in [0.5, 0.6) is 0 Å². The van der Waals surface area contributed by atoms with Gasteiger partial charge < -0.3 is 0 Å². The zero-order chi connectivity index (χ0) is 13.7. The molecule has 0 unspecified atom stereocenters. The molecule has 0 N–H and O–H groups in total. The van der Waals surface area contributed by atoms with Crippen molar-refractivity contribution in [1.82, 2.24) is 0 Å². The van der Waals surface area contributed by atoms with E-state index < -0.39 is 20.7 Å². The average Bonchev–Trinajstić information content (AvgIpc) is 2.04. The van der Waals surface area contributed by atoms with Crippen LogP contribution in [-0.2, 0) is 12.8 Å². The number of hydrogen-bond donors (Lipinski definition) is 0. The molecule has 0 amide bonds. The van der Waals surface area contributed by atoms with E-state index in [9.17, 15) is 25.2 Å². The van der Waals surface area contributed by atoms with Crippen LogP contribution in [0.4, 0.5) is 25.2 Å². The first-order valence-electron chi connectivity index (χ1n) is 2.51. The van der Waals surface area contributed by atoms with E-state index in [1.807, 2.05) is 0 Å². The van der Waals surface area contributed by atoms with Crippen LogP contribution in [-0.4, -0.2) is 0 Å². The fraction of sp³-hybridized carbons (Fsp3) is 0. The quantitative estimate of drug-likeness (QED) is 0.389. The molecule has 0 radical (unpaired) electrons. The first-order valence-corrected chi connectivity index (χ1v) is 6.42. The molecule has 0 fully saturated rings. The van der Waals surface area contributed by atoms with Crippen LogP contribution in [0.25, 0.3) is 0 Å². The molecular formula is C4CuF6N4P-. The van der Waals surface area contributed by atoms with E-state index in [1.54, 1.807) is 0 Å². The summed E-state index contributed by atoms with van der Waals surface area (Å²) in [6.45, 7) is 0. The van der Waals surface area contributed by atoms with Gasteiger partial charge in [0.1, 0.15) is 0 Å². The molecule has 4 nitrogen and oxygen atoms in total. The van der Waals surface area contributed by atoms with Crippen molar-refractivity contribution in [1.29, 1.82) is 21.0 Å². The molecule has 0 aliphatic carbocycles. The molecule has 95 valence electrons. The van der Waals surface area contributed by atoms with Gasteiger partial charge in [0.2, 0.25) is 0 Å². The van der Waals surface area contributed by atoms with Crippen LogP contribution in [0.3, 0.4) is 0 Å². The second kappa shape index (κ2) is 3.81. The third kappa shape index (κ3) is 15.0. The summed E-state index contributed by atoms with van der Waals surface area (Å²) in [5.74, 6) is 0. The average molecular weight is 313 g/mol. The van der Waals surface area contributed by atoms with Gasteiger partial charge in [-0.1, -0.05) is 0 Å². The Kier molecular flexibility index (Phi) is 4.03. The second-order valence-electron chi connectivity index (χ2n) is 1.68. The van der Waals surface area contributed by atoms with Gasteiger partial charge in [-0.3, -0.25) is 0 Å². The molecule has 12 heteroatoms. The molecule has 0 aromatic rings. The molecule has 0 heterocycles. The van der Waals surface area contributed by atoms with Crippen molar-refractivity contribution in [2.24, 2.45) is 0 Å². The Balaban J connectivity index is 0. The fourth-order valence-corrected chi connectivity index (χ4v) is 0.373. The summed E-state index contributed by atoms with van der Waals surface area (Å²) in [7, 11) is -10.7. The second-order valence-corrected chi connectivity index (χ2v) is 5.85. The van der Waals surface area contributed by atoms with Crippen LogP contribution in [0.1, 0.15) is 0 Å². The SMILES string of the molecule is F[P-](F)(F)(F)(F)F.N#[C][Cu]([C]#N)([C]#N)[C]#N. The van der Waals surface area contributed by atoms with Gasteiger partial charge in [-0.05, 0) is 0 Å². The molecule has 0 bridgehead atoms. The Morgan fingerprint density at radius 3 is 0.750 bits per heavy atom. The van der Waals surface area contributed by atoms with E-state index in [1.165, 1.54) is 19.9 Å². The summed E-state index contributed by atoms with van der Waals surface area (Å²) in [5, 5.41) is 32.4. The van der Waals surface area contributed by atoms with Crippen molar-refractivity contribution in [3.05, 3.63) is 0 Å². The van der Waals surface area contributed by atoms with Crippen LogP contribution >= 0.6 is 7.81 Å². The van der Waals surface area contributed by atoms with E-state index in [-0.39, 0.29) is 0 Å². The van der Waals surface area contributed by atoms with Gasteiger partial charge in [-0.2, -0.15) is 0 Å². The molecule has 0 aromatic carbocycles. The summed E-state index contributed by atoms with van der Waals surface area (Å²) in [6.07, 6.45) is 0. The number of nitrogens with zero attached hydrogens (tertiary/aromatic N) is 4. The van der Waals surface area contributed by atoms with Crippen molar-refractivity contribution < 1.29 is 38.0 Å². The summed E-state index contributed by atoms with van der Waals surface area (Å²) in [4.78, 5) is 5.44. The van der Waals surface area contributed by atoms with Crippen molar-refractivity contribution in [3.8, 4) is 19.9 Å². The molecule has 0 aromatic heterocycles. The maximum atomic E-state index is 9.87. The number of hydrogen-bond acceptors (Lipinski definition) is 4. The van der Waals surface area contributed by atoms with Crippen LogP contribution in [0.15, 0.2) is 0 Å². The Labute approximate surface area is 87.4 Å². The Hall–Kier alpha value is -1.51. The van der Waals surface area contributed by atoms with Crippen LogP contribution in [0.2, 0.25) is 0 Å². The Morgan fingerprint density at radius 1 is 0.625 bits per heavy atom. The Bertz CT molecular complexity index is 367. The molecule has 0 saturated heterocycles. The molecule has 0 rings (SSSR count). The van der Waals surface area contributed by atoms with Crippen molar-refractivity contribution in [3.63, 3.8) is 0 Å². The number of halogens is 6. The van der Waals surface area contributed by atoms with E-state index >= 15 is 0 Å². The molecule has 0 spiro atoms. The standard InChI is InChI=1S/4CN.Cu.F6P/c4*1-2;;1-7(2,3,4,5)6/q;;;;;-1. The van der Waals surface area contributed by atoms with Crippen LogP contribution < -0.4 is 0 Å². The minimum absolute atomic E-state index is 1.36. The summed E-state index contributed by atoms with van der Waals surface area (Å²) < 4.78 is 59.2. The van der Waals surface area contributed by atoms with Gasteiger partial charge in [0.25, 0.3) is 0 Å². The van der Waals surface area contributed by atoms with Crippen molar-refractivity contribution >= 4 is 7.81 Å². The minimum atomic E-state index is -10.7. The predicted octanol–water partition coefficient (Wildman–Crippen LogP) is 3.45. The topological polar surface area (TPSA) is 95.2 Å². The van der Waals surface area contributed by atoms with Gasteiger partial charge in [0.15, 0.2) is 0 Å². The van der Waals surface area contributed by atoms with Gasteiger partial charge >= 0.3 is 86.8 Å². The zero-order valence-corrected chi connectivity index (χ0v) is 8.64. The van der Waals surface area contributed by atoms with E-state index in [4.69, 9.17) is 21.0 Å². The monoisotopic (exact) mass is 312 g/mol. The van der Waals surface area contributed by atoms with Crippen LogP contribution in [0, 0.1) is 40.9 Å². The van der Waals surface area contributed by atoms with Gasteiger partial charge in [-0.15, -0.1) is 0 Å². The molecule has 0 saturated carbocycles. The Morgan fingerprint density at radius 2 is 0.750 bits per heavy atom. The first kappa shape index (κ1) is 16.9. The molecular weight excluding hydrogens is 313 g/mol. The first-order chi connectivity index (χ1) is 6.69. The fourth-order valence-electron chi connectivity index (χ4n) is 0.0905. The van der Waals surface area contributed by atoms with E-state index in [0.717, 1.165) is 0 Å². The van der Waals surface area contributed by atoms with Crippen molar-refractivity contribution in [2.45, 2.75) is 0 Å². The summed E-state index contributed by atoms with van der Waals surface area (Å²) in [5.41, 5.74) is 0. The maximum absolute atomic E-state index is 10.7. The summed E-state index contributed by atoms with van der Waals surface area (Å²) >= 11 is -2.88. The predicted molar refractivity (Wildman–Crippen MR) is 36.0 cm³/mol. The third-order valence-electron chi connectivity index (χ3n) is 0.405.